The van der Waals surface area contributed by atoms with Crippen LogP contribution in [0.3, 0.4) is 0 Å². The molecule has 2 aliphatic rings. The fraction of sp³-hybridized carbons (Fsp3) is 0.389. The number of aryl methyl sites for hydroxylation is 1. The molecule has 4 aromatic rings. The average molecular weight is 622 g/mol. The number of morpholine rings is 1. The number of ether oxygens (including phenoxy) is 1. The lowest BCUT2D eigenvalue weighted by Crippen LogP contribution is -2.39. The van der Waals surface area contributed by atoms with Gasteiger partial charge in [0, 0.05) is 72.4 Å². The second-order valence-electron chi connectivity index (χ2n) is 12.4. The molecule has 5 heterocycles. The number of rotatable bonds is 10. The van der Waals surface area contributed by atoms with E-state index in [1.807, 2.05) is 19.1 Å². The van der Waals surface area contributed by atoms with Gasteiger partial charge in [-0.25, -0.2) is 4.98 Å². The first-order valence-corrected chi connectivity index (χ1v) is 16.1. The Kier molecular flexibility index (Phi) is 9.87. The van der Waals surface area contributed by atoms with Gasteiger partial charge in [0.25, 0.3) is 5.56 Å². The van der Waals surface area contributed by atoms with Crippen LogP contribution in [0.25, 0.3) is 27.7 Å². The van der Waals surface area contributed by atoms with Gasteiger partial charge >= 0.3 is 0 Å². The van der Waals surface area contributed by atoms with Gasteiger partial charge in [0.1, 0.15) is 5.65 Å². The number of allylic oxidation sites excluding steroid dienone is 2. The van der Waals surface area contributed by atoms with Crippen LogP contribution in [0.4, 0.5) is 11.6 Å². The molecule has 10 nitrogen and oxygen atoms in total. The zero-order chi connectivity index (χ0) is 32.0. The van der Waals surface area contributed by atoms with Gasteiger partial charge in [-0.1, -0.05) is 30.9 Å². The lowest BCUT2D eigenvalue weighted by molar-refractivity contribution is 0.0364. The highest BCUT2D eigenvalue weighted by Crippen LogP contribution is 2.26. The Bertz CT molecular complexity index is 1780. The van der Waals surface area contributed by atoms with Gasteiger partial charge < -0.3 is 20.1 Å². The summed E-state index contributed by atoms with van der Waals surface area (Å²) in [6.45, 7) is 12.2. The first-order chi connectivity index (χ1) is 22.4. The number of nitrogens with one attached hydrogen (secondary N) is 1. The molecule has 2 aliphatic heterocycles. The van der Waals surface area contributed by atoms with Crippen molar-refractivity contribution in [3.8, 4) is 11.1 Å². The van der Waals surface area contributed by atoms with Crippen LogP contribution in [0, 0.1) is 12.8 Å². The van der Waals surface area contributed by atoms with Crippen LogP contribution in [0.15, 0.2) is 72.4 Å². The van der Waals surface area contributed by atoms with Crippen LogP contribution in [-0.2, 0) is 17.7 Å². The van der Waals surface area contributed by atoms with Crippen LogP contribution in [0.5, 0.6) is 0 Å². The average Bonchev–Trinajstić information content (AvgIpc) is 3.06. The van der Waals surface area contributed by atoms with Crippen molar-refractivity contribution < 1.29 is 9.84 Å². The maximum Gasteiger partial charge on any atom is 0.260 e. The third kappa shape index (κ3) is 7.20. The number of anilines is 2. The second-order valence-corrected chi connectivity index (χ2v) is 12.4. The molecule has 0 spiro atoms. The van der Waals surface area contributed by atoms with E-state index >= 15 is 0 Å². The fourth-order valence-corrected chi connectivity index (χ4v) is 6.54. The third-order valence-corrected chi connectivity index (χ3v) is 9.06. The summed E-state index contributed by atoms with van der Waals surface area (Å²) >= 11 is 0. The number of aliphatic hydroxyl groups excluding tert-OH is 1. The largest absolute Gasteiger partial charge is 0.515 e. The summed E-state index contributed by atoms with van der Waals surface area (Å²) < 4.78 is 7.28. The third-order valence-electron chi connectivity index (χ3n) is 9.06. The summed E-state index contributed by atoms with van der Waals surface area (Å²) in [7, 11) is 2.21. The summed E-state index contributed by atoms with van der Waals surface area (Å²) in [4.78, 5) is 33.1. The minimum absolute atomic E-state index is 0.137. The highest BCUT2D eigenvalue weighted by atomic mass is 16.5. The summed E-state index contributed by atoms with van der Waals surface area (Å²) in [5.74, 6) is 1.14. The molecule has 2 saturated heterocycles. The molecule has 1 aromatic carbocycles. The summed E-state index contributed by atoms with van der Waals surface area (Å²) in [5.41, 5.74) is 5.70. The molecular formula is C36H43N7O3. The van der Waals surface area contributed by atoms with Gasteiger partial charge in [0.05, 0.1) is 25.2 Å². The predicted octanol–water partition coefficient (Wildman–Crippen LogP) is 5.21. The first-order valence-electron chi connectivity index (χ1n) is 16.1. The van der Waals surface area contributed by atoms with E-state index in [-0.39, 0.29) is 5.56 Å². The zero-order valence-corrected chi connectivity index (χ0v) is 26.8. The van der Waals surface area contributed by atoms with Crippen molar-refractivity contribution in [3.05, 3.63) is 94.9 Å². The van der Waals surface area contributed by atoms with Crippen LogP contribution >= 0.6 is 0 Å². The van der Waals surface area contributed by atoms with Gasteiger partial charge in [-0.2, -0.15) is 4.98 Å². The van der Waals surface area contributed by atoms with Crippen LogP contribution < -0.4 is 10.9 Å². The topological polar surface area (TPSA) is 109 Å². The Morgan fingerprint density at radius 3 is 2.61 bits per heavy atom. The van der Waals surface area contributed by atoms with E-state index in [1.165, 1.54) is 24.9 Å². The summed E-state index contributed by atoms with van der Waals surface area (Å²) in [6.07, 6.45) is 7.93. The number of nitrogens with zero attached hydrogens (tertiary/aromatic N) is 6. The van der Waals surface area contributed by atoms with Gasteiger partial charge in [-0.05, 0) is 75.5 Å². The number of fused-ring (bicyclic) bond motifs is 1. The van der Waals surface area contributed by atoms with E-state index in [2.05, 4.69) is 63.0 Å². The highest BCUT2D eigenvalue weighted by Gasteiger charge is 2.19. The molecule has 1 atom stereocenters. The Balaban J connectivity index is 1.30. The predicted molar refractivity (Wildman–Crippen MR) is 183 cm³/mol. The normalized spacial score (nSPS) is 18.1. The summed E-state index contributed by atoms with van der Waals surface area (Å²) in [6, 6.07) is 14.0. The molecule has 0 aliphatic carbocycles. The molecule has 1 unspecified atom stereocenters. The number of pyridine rings is 2. The van der Waals surface area contributed by atoms with E-state index in [4.69, 9.17) is 9.72 Å². The molecule has 240 valence electrons. The zero-order valence-electron chi connectivity index (χ0n) is 26.8. The number of piperidine rings is 1. The summed E-state index contributed by atoms with van der Waals surface area (Å²) in [5, 5.41) is 13.7. The first kappa shape index (κ1) is 31.6. The van der Waals surface area contributed by atoms with Crippen molar-refractivity contribution >= 4 is 28.2 Å². The van der Waals surface area contributed by atoms with Crippen LogP contribution in [-0.4, -0.2) is 87.4 Å². The molecular weight excluding hydrogens is 578 g/mol. The number of hydrogen-bond donors (Lipinski definition) is 2. The fourth-order valence-electron chi connectivity index (χ4n) is 6.54. The van der Waals surface area contributed by atoms with E-state index in [0.29, 0.717) is 66.3 Å². The Hall–Kier alpha value is -4.38. The van der Waals surface area contributed by atoms with Crippen molar-refractivity contribution in [1.29, 1.82) is 0 Å². The molecule has 0 amide bonds. The van der Waals surface area contributed by atoms with Gasteiger partial charge in [-0.3, -0.25) is 19.2 Å². The number of likely N-dealkylation sites (tertiary alicyclic amines) is 1. The minimum Gasteiger partial charge on any atom is -0.515 e. The highest BCUT2D eigenvalue weighted by molar-refractivity contribution is 5.83. The Morgan fingerprint density at radius 2 is 1.89 bits per heavy atom. The van der Waals surface area contributed by atoms with Crippen molar-refractivity contribution in [3.63, 3.8) is 0 Å². The van der Waals surface area contributed by atoms with Crippen molar-refractivity contribution in [2.75, 3.05) is 58.3 Å². The van der Waals surface area contributed by atoms with Crippen LogP contribution in [0.1, 0.15) is 29.8 Å². The monoisotopic (exact) mass is 621 g/mol. The molecule has 2 N–H and O–H groups in total. The Morgan fingerprint density at radius 1 is 1.09 bits per heavy atom. The molecule has 10 heteroatoms. The molecule has 46 heavy (non-hydrogen) atoms. The lowest BCUT2D eigenvalue weighted by atomic mass is 9.91. The van der Waals surface area contributed by atoms with E-state index in [9.17, 15) is 9.90 Å². The van der Waals surface area contributed by atoms with Crippen molar-refractivity contribution in [1.82, 2.24) is 29.3 Å². The number of aliphatic hydroxyl groups is 1. The number of benzene rings is 1. The SMILES string of the molecule is C=C/C(=C\O)c1ccc(-c2cc3cnc(Nc4ccc(CC5CCCN(C)C5)cc4)nc3n(CCN3CCOCC3)c2=O)c(C)n1. The smallest absolute Gasteiger partial charge is 0.260 e. The van der Waals surface area contributed by atoms with Crippen LogP contribution in [0.2, 0.25) is 0 Å². The van der Waals surface area contributed by atoms with E-state index in [0.717, 1.165) is 49.0 Å². The minimum atomic E-state index is -0.137. The van der Waals surface area contributed by atoms with Gasteiger partial charge in [0.2, 0.25) is 5.95 Å². The maximum absolute atomic E-state index is 14.2. The van der Waals surface area contributed by atoms with Gasteiger partial charge in [0.15, 0.2) is 0 Å². The van der Waals surface area contributed by atoms with E-state index in [1.54, 1.807) is 22.9 Å². The molecule has 0 bridgehead atoms. The number of hydrogen-bond acceptors (Lipinski definition) is 9. The second kappa shape index (κ2) is 14.4. The Labute approximate surface area is 270 Å². The standard InChI is InChI=1S/C36H43N7O3/c1-4-28(24-44)33-12-11-31(25(2)38-33)32-21-29-22-37-36(40-34(29)43(35(32)45)15-14-42-16-18-46-19-17-42)39-30-9-7-26(8-10-30)20-27-6-5-13-41(3)23-27/h4,7-12,21-22,24,27,44H,1,5-6,13-20,23H2,2-3H3,(H,37,39,40)/b28-24+. The van der Waals surface area contributed by atoms with Gasteiger partial charge in [-0.15, -0.1) is 0 Å². The van der Waals surface area contributed by atoms with Crippen molar-refractivity contribution in [2.24, 2.45) is 5.92 Å². The maximum atomic E-state index is 14.2. The quantitative estimate of drug-likeness (QED) is 0.182. The van der Waals surface area contributed by atoms with E-state index < -0.39 is 0 Å². The lowest BCUT2D eigenvalue weighted by Gasteiger charge is -2.29. The molecule has 3 aromatic heterocycles. The number of aromatic nitrogens is 4. The van der Waals surface area contributed by atoms with Crippen molar-refractivity contribution in [2.45, 2.75) is 32.7 Å². The molecule has 2 fully saturated rings. The molecule has 0 radical (unpaired) electrons. The molecule has 0 saturated carbocycles. The molecule has 6 rings (SSSR count).